The zero-order valence-electron chi connectivity index (χ0n) is 23.3. The molecule has 0 aliphatic carbocycles. The Bertz CT molecular complexity index is 1370. The molecule has 0 amide bonds. The zero-order chi connectivity index (χ0) is 27.4. The Balaban J connectivity index is 1.39. The van der Waals surface area contributed by atoms with Crippen molar-refractivity contribution in [2.45, 2.75) is 45.3 Å². The van der Waals surface area contributed by atoms with E-state index in [9.17, 15) is 0 Å². The van der Waals surface area contributed by atoms with Gasteiger partial charge in [-0.25, -0.2) is 4.98 Å². The lowest BCUT2D eigenvalue weighted by Gasteiger charge is -2.32. The third kappa shape index (κ3) is 5.85. The Kier molecular flexibility index (Phi) is 8.02. The first-order valence-corrected chi connectivity index (χ1v) is 13.3. The molecule has 2 aromatic heterocycles. The Hall–Kier alpha value is -4.05. The molecule has 2 aromatic carbocycles. The topological polar surface area (TPSA) is 98.6 Å². The fraction of sp³-hybridized carbons (Fsp3) is 0.414. The minimum Gasteiger partial charge on any atom is -0.493 e. The van der Waals surface area contributed by atoms with Crippen LogP contribution in [0.3, 0.4) is 0 Å². The molecule has 0 radical (unpaired) electrons. The minimum atomic E-state index is 0.202. The average molecular weight is 532 g/mol. The lowest BCUT2D eigenvalue weighted by Crippen LogP contribution is -2.38. The summed E-state index contributed by atoms with van der Waals surface area (Å²) in [6.45, 7) is 7.26. The van der Waals surface area contributed by atoms with Crippen LogP contribution in [0.5, 0.6) is 17.2 Å². The molecular weight excluding hydrogens is 494 g/mol. The minimum absolute atomic E-state index is 0.202. The summed E-state index contributed by atoms with van der Waals surface area (Å²) in [5.41, 5.74) is 3.62. The summed E-state index contributed by atoms with van der Waals surface area (Å²) in [7, 11) is 4.78. The SMILES string of the molecule is COc1cc(Nc2nc(NC3CCN(Cc4ccccc4)CC3)c3ncn(C(C)C)c3n2)cc(OC)c1OC. The molecule has 5 rings (SSSR count). The highest BCUT2D eigenvalue weighted by Crippen LogP contribution is 2.40. The van der Waals surface area contributed by atoms with Crippen molar-refractivity contribution in [2.24, 2.45) is 0 Å². The van der Waals surface area contributed by atoms with Gasteiger partial charge in [0, 0.05) is 49.5 Å². The monoisotopic (exact) mass is 531 g/mol. The van der Waals surface area contributed by atoms with Crippen molar-refractivity contribution in [1.29, 1.82) is 0 Å². The molecule has 2 N–H and O–H groups in total. The van der Waals surface area contributed by atoms with Crippen LogP contribution in [0.2, 0.25) is 0 Å². The van der Waals surface area contributed by atoms with Crippen molar-refractivity contribution in [3.63, 3.8) is 0 Å². The molecule has 39 heavy (non-hydrogen) atoms. The van der Waals surface area contributed by atoms with Crippen LogP contribution in [-0.2, 0) is 6.54 Å². The van der Waals surface area contributed by atoms with Gasteiger partial charge in [0.15, 0.2) is 28.5 Å². The number of piperidine rings is 1. The smallest absolute Gasteiger partial charge is 0.231 e. The predicted octanol–water partition coefficient (Wildman–Crippen LogP) is 5.25. The number of methoxy groups -OCH3 is 3. The number of ether oxygens (including phenoxy) is 3. The number of aromatic nitrogens is 4. The van der Waals surface area contributed by atoms with Gasteiger partial charge in [-0.2, -0.15) is 9.97 Å². The molecular formula is C29H37N7O3. The average Bonchev–Trinajstić information content (AvgIpc) is 3.39. The summed E-state index contributed by atoms with van der Waals surface area (Å²) >= 11 is 0. The van der Waals surface area contributed by atoms with Crippen LogP contribution >= 0.6 is 0 Å². The summed E-state index contributed by atoms with van der Waals surface area (Å²) in [4.78, 5) is 16.9. The number of hydrogen-bond donors (Lipinski definition) is 2. The first-order valence-electron chi connectivity index (χ1n) is 13.3. The molecule has 206 valence electrons. The standard InChI is InChI=1S/C29H37N7O3/c1-19(2)36-18-30-25-27(31-21-11-13-35(14-12-21)17-20-9-7-6-8-10-20)33-29(34-28(25)36)32-22-15-23(37-3)26(39-5)24(16-22)38-4/h6-10,15-16,18-19,21H,11-14,17H2,1-5H3,(H2,31,32,33,34). The van der Waals surface area contributed by atoms with Gasteiger partial charge in [0.25, 0.3) is 0 Å². The molecule has 1 saturated heterocycles. The van der Waals surface area contributed by atoms with Crippen molar-refractivity contribution in [3.8, 4) is 17.2 Å². The molecule has 1 fully saturated rings. The Labute approximate surface area is 229 Å². The zero-order valence-corrected chi connectivity index (χ0v) is 23.3. The number of imidazole rings is 1. The fourth-order valence-electron chi connectivity index (χ4n) is 5.00. The van der Waals surface area contributed by atoms with E-state index in [1.807, 2.05) is 18.5 Å². The van der Waals surface area contributed by atoms with E-state index in [0.29, 0.717) is 29.2 Å². The van der Waals surface area contributed by atoms with Crippen molar-refractivity contribution < 1.29 is 14.2 Å². The molecule has 1 aliphatic heterocycles. The summed E-state index contributed by atoms with van der Waals surface area (Å²) in [5, 5.41) is 7.02. The van der Waals surface area contributed by atoms with Gasteiger partial charge in [0.2, 0.25) is 11.7 Å². The van der Waals surface area contributed by atoms with Crippen molar-refractivity contribution in [3.05, 3.63) is 54.4 Å². The number of rotatable bonds is 10. The maximum Gasteiger partial charge on any atom is 0.231 e. The third-order valence-corrected chi connectivity index (χ3v) is 7.08. The second kappa shape index (κ2) is 11.8. The number of fused-ring (bicyclic) bond motifs is 1. The van der Waals surface area contributed by atoms with Crippen molar-refractivity contribution in [2.75, 3.05) is 45.1 Å². The normalized spacial score (nSPS) is 14.5. The highest BCUT2D eigenvalue weighted by molar-refractivity contribution is 5.85. The Morgan fingerprint density at radius 2 is 1.64 bits per heavy atom. The highest BCUT2D eigenvalue weighted by Gasteiger charge is 2.23. The maximum atomic E-state index is 5.52. The number of nitrogens with zero attached hydrogens (tertiary/aromatic N) is 5. The lowest BCUT2D eigenvalue weighted by atomic mass is 10.0. The molecule has 0 saturated carbocycles. The van der Waals surface area contributed by atoms with Crippen LogP contribution in [0.25, 0.3) is 11.2 Å². The van der Waals surface area contributed by atoms with Crippen LogP contribution in [0, 0.1) is 0 Å². The van der Waals surface area contributed by atoms with Crippen LogP contribution < -0.4 is 24.8 Å². The van der Waals surface area contributed by atoms with Gasteiger partial charge >= 0.3 is 0 Å². The maximum absolute atomic E-state index is 5.52. The van der Waals surface area contributed by atoms with E-state index in [2.05, 4.69) is 69.3 Å². The number of benzene rings is 2. The number of anilines is 3. The van der Waals surface area contributed by atoms with E-state index < -0.39 is 0 Å². The molecule has 3 heterocycles. The van der Waals surface area contributed by atoms with Crippen LogP contribution in [-0.4, -0.2) is 64.9 Å². The van der Waals surface area contributed by atoms with Crippen molar-refractivity contribution >= 4 is 28.6 Å². The summed E-state index contributed by atoms with van der Waals surface area (Å²) < 4.78 is 18.6. The van der Waals surface area contributed by atoms with E-state index in [1.165, 1.54) is 5.56 Å². The van der Waals surface area contributed by atoms with Gasteiger partial charge < -0.3 is 29.4 Å². The lowest BCUT2D eigenvalue weighted by molar-refractivity contribution is 0.211. The largest absolute Gasteiger partial charge is 0.493 e. The van der Waals surface area contributed by atoms with Gasteiger partial charge in [0.1, 0.15) is 0 Å². The molecule has 0 spiro atoms. The third-order valence-electron chi connectivity index (χ3n) is 7.08. The molecule has 0 bridgehead atoms. The summed E-state index contributed by atoms with van der Waals surface area (Å²) in [6, 6.07) is 14.8. The Morgan fingerprint density at radius 3 is 2.26 bits per heavy atom. The van der Waals surface area contributed by atoms with Gasteiger partial charge in [-0.3, -0.25) is 4.90 Å². The molecule has 10 nitrogen and oxygen atoms in total. The number of hydrogen-bond acceptors (Lipinski definition) is 9. The second-order valence-corrected chi connectivity index (χ2v) is 10.0. The van der Waals surface area contributed by atoms with E-state index in [0.717, 1.165) is 55.1 Å². The highest BCUT2D eigenvalue weighted by atomic mass is 16.5. The second-order valence-electron chi connectivity index (χ2n) is 10.0. The summed E-state index contributed by atoms with van der Waals surface area (Å²) in [6.07, 6.45) is 3.89. The first kappa shape index (κ1) is 26.6. The van der Waals surface area contributed by atoms with Gasteiger partial charge in [0.05, 0.1) is 27.7 Å². The van der Waals surface area contributed by atoms with Gasteiger partial charge in [-0.15, -0.1) is 0 Å². The molecule has 4 aromatic rings. The van der Waals surface area contributed by atoms with E-state index in [4.69, 9.17) is 24.2 Å². The molecule has 1 aliphatic rings. The van der Waals surface area contributed by atoms with Gasteiger partial charge in [-0.05, 0) is 32.3 Å². The molecule has 0 unspecified atom stereocenters. The predicted molar refractivity (Wildman–Crippen MR) is 153 cm³/mol. The van der Waals surface area contributed by atoms with Crippen LogP contribution in [0.1, 0.15) is 38.3 Å². The van der Waals surface area contributed by atoms with Crippen molar-refractivity contribution in [1.82, 2.24) is 24.4 Å². The number of likely N-dealkylation sites (tertiary alicyclic amines) is 1. The number of nitrogens with one attached hydrogen (secondary N) is 2. The van der Waals surface area contributed by atoms with Crippen LogP contribution in [0.4, 0.5) is 17.5 Å². The summed E-state index contributed by atoms with van der Waals surface area (Å²) in [5.74, 6) is 2.82. The Morgan fingerprint density at radius 1 is 0.949 bits per heavy atom. The molecule has 10 heteroatoms. The molecule has 0 atom stereocenters. The quantitative estimate of drug-likeness (QED) is 0.284. The van der Waals surface area contributed by atoms with Gasteiger partial charge in [-0.1, -0.05) is 30.3 Å². The van der Waals surface area contributed by atoms with E-state index in [-0.39, 0.29) is 6.04 Å². The van der Waals surface area contributed by atoms with E-state index in [1.54, 1.807) is 21.3 Å². The first-order chi connectivity index (χ1) is 19.0. The fourth-order valence-corrected chi connectivity index (χ4v) is 5.00. The van der Waals surface area contributed by atoms with E-state index >= 15 is 0 Å². The van der Waals surface area contributed by atoms with Crippen LogP contribution in [0.15, 0.2) is 48.8 Å².